The maximum absolute atomic E-state index is 12.6. The minimum Gasteiger partial charge on any atom is -0.497 e. The van der Waals surface area contributed by atoms with Crippen LogP contribution in [0.5, 0.6) is 5.75 Å². The van der Waals surface area contributed by atoms with Crippen molar-refractivity contribution in [3.8, 4) is 5.75 Å². The second-order valence-corrected chi connectivity index (χ2v) is 10.2. The summed E-state index contributed by atoms with van der Waals surface area (Å²) in [5.41, 5.74) is 3.26. The van der Waals surface area contributed by atoms with Crippen molar-refractivity contribution in [2.45, 2.75) is 36.8 Å². The molecule has 0 bridgehead atoms. The summed E-state index contributed by atoms with van der Waals surface area (Å²) in [4.78, 5) is 17.3. The van der Waals surface area contributed by atoms with E-state index in [9.17, 15) is 15.2 Å². The van der Waals surface area contributed by atoms with Crippen LogP contribution in [0, 0.1) is 10.1 Å². The Bertz CT molecular complexity index is 1450. The van der Waals surface area contributed by atoms with Crippen LogP contribution in [0.2, 0.25) is 0 Å². The van der Waals surface area contributed by atoms with E-state index in [-0.39, 0.29) is 10.6 Å². The third-order valence-electron chi connectivity index (χ3n) is 8.24. The number of nitro benzene ring substituents is 1. The van der Waals surface area contributed by atoms with Gasteiger partial charge in [-0.2, -0.15) is 0 Å². The van der Waals surface area contributed by atoms with Crippen LogP contribution in [0.3, 0.4) is 0 Å². The first-order valence-electron chi connectivity index (χ1n) is 12.3. The second-order valence-electron chi connectivity index (χ2n) is 10.2. The van der Waals surface area contributed by atoms with E-state index >= 15 is 0 Å². The number of non-ortho nitro benzene ring substituents is 1. The lowest BCUT2D eigenvalue weighted by atomic mass is 9.56. The van der Waals surface area contributed by atoms with Crippen molar-refractivity contribution in [1.29, 1.82) is 0 Å². The topological polar surface area (TPSA) is 91.6 Å². The average molecular weight is 484 g/mol. The first kappa shape index (κ1) is 22.8. The SMILES string of the molecule is COc1cccc([C@@]23CCN(Cc4ccccc4)C[C@@]2(O)Cc2c([nH]c4cccc([N+](=O)[O-])c24)C3)c1. The van der Waals surface area contributed by atoms with Crippen molar-refractivity contribution in [2.24, 2.45) is 0 Å². The Hall–Kier alpha value is -3.68. The Labute approximate surface area is 209 Å². The van der Waals surface area contributed by atoms with Gasteiger partial charge in [-0.15, -0.1) is 0 Å². The van der Waals surface area contributed by atoms with Gasteiger partial charge < -0.3 is 14.8 Å². The van der Waals surface area contributed by atoms with Gasteiger partial charge in [0.05, 0.1) is 28.5 Å². The summed E-state index contributed by atoms with van der Waals surface area (Å²) < 4.78 is 5.54. The Morgan fingerprint density at radius 2 is 1.89 bits per heavy atom. The van der Waals surface area contributed by atoms with Crippen LogP contribution in [0.15, 0.2) is 72.8 Å². The molecule has 3 aromatic carbocycles. The molecule has 2 aliphatic rings. The number of nitrogens with one attached hydrogen (secondary N) is 1. The standard InChI is InChI=1S/C29H29N3O4/c1-36-22-10-5-9-21(15-22)28-13-14-31(18-20-7-3-2-4-8-20)19-29(28,33)16-23-25(17-28)30-24-11-6-12-26(27(23)24)32(34)35/h2-12,15,30,33H,13-14,16-19H2,1H3/t28-,29-/m0/s1. The number of aromatic amines is 1. The molecule has 36 heavy (non-hydrogen) atoms. The Morgan fingerprint density at radius 3 is 2.67 bits per heavy atom. The van der Waals surface area contributed by atoms with Gasteiger partial charge in [0.15, 0.2) is 0 Å². The Kier molecular flexibility index (Phi) is 5.35. The number of benzene rings is 3. The molecule has 6 rings (SSSR count). The average Bonchev–Trinajstić information content (AvgIpc) is 3.24. The fourth-order valence-electron chi connectivity index (χ4n) is 6.52. The molecule has 0 amide bonds. The first-order chi connectivity index (χ1) is 17.4. The number of nitrogens with zero attached hydrogens (tertiary/aromatic N) is 2. The number of piperidine rings is 1. The van der Waals surface area contributed by atoms with E-state index < -0.39 is 11.0 Å². The van der Waals surface area contributed by atoms with Crippen molar-refractivity contribution >= 4 is 16.6 Å². The highest BCUT2D eigenvalue weighted by Gasteiger charge is 2.58. The highest BCUT2D eigenvalue weighted by atomic mass is 16.6. The molecule has 1 aliphatic carbocycles. The Balaban J connectivity index is 1.49. The number of hydrogen-bond acceptors (Lipinski definition) is 5. The smallest absolute Gasteiger partial charge is 0.279 e. The number of fused-ring (bicyclic) bond motifs is 4. The number of nitro groups is 1. The lowest BCUT2D eigenvalue weighted by Gasteiger charge is -2.56. The van der Waals surface area contributed by atoms with Gasteiger partial charge in [0, 0.05) is 43.1 Å². The lowest BCUT2D eigenvalue weighted by Crippen LogP contribution is -2.66. The van der Waals surface area contributed by atoms with Crippen molar-refractivity contribution in [1.82, 2.24) is 9.88 Å². The normalized spacial score (nSPS) is 23.7. The van der Waals surface area contributed by atoms with Crippen LogP contribution in [0.25, 0.3) is 10.9 Å². The predicted octanol–water partition coefficient (Wildman–Crippen LogP) is 4.76. The molecular formula is C29H29N3O4. The number of methoxy groups -OCH3 is 1. The zero-order valence-electron chi connectivity index (χ0n) is 20.2. The largest absolute Gasteiger partial charge is 0.497 e. The van der Waals surface area contributed by atoms with E-state index in [2.05, 4.69) is 28.1 Å². The molecule has 1 saturated heterocycles. The number of H-pyrrole nitrogens is 1. The lowest BCUT2D eigenvalue weighted by molar-refractivity contribution is -0.383. The van der Waals surface area contributed by atoms with Crippen molar-refractivity contribution in [3.63, 3.8) is 0 Å². The number of β-amino-alcohol motifs (C(OH)–C–C–N with tert-alkyl or cyclic N) is 1. The van der Waals surface area contributed by atoms with E-state index in [4.69, 9.17) is 4.74 Å². The minimum absolute atomic E-state index is 0.0828. The second kappa shape index (κ2) is 8.47. The van der Waals surface area contributed by atoms with E-state index in [1.54, 1.807) is 19.2 Å². The number of aromatic nitrogens is 1. The molecule has 2 atom stereocenters. The van der Waals surface area contributed by atoms with Crippen molar-refractivity contribution < 1.29 is 14.8 Å². The van der Waals surface area contributed by atoms with Crippen LogP contribution in [0.1, 0.15) is 28.8 Å². The fourth-order valence-corrected chi connectivity index (χ4v) is 6.52. The molecule has 1 aromatic heterocycles. The number of aliphatic hydroxyl groups is 1. The highest BCUT2D eigenvalue weighted by Crippen LogP contribution is 2.52. The highest BCUT2D eigenvalue weighted by molar-refractivity contribution is 5.93. The minimum atomic E-state index is -1.11. The molecule has 0 radical (unpaired) electrons. The van der Waals surface area contributed by atoms with Crippen molar-refractivity contribution in [2.75, 3.05) is 20.2 Å². The molecule has 0 spiro atoms. The fraction of sp³-hybridized carbons (Fsp3) is 0.310. The molecule has 1 fully saturated rings. The molecule has 7 heteroatoms. The third-order valence-corrected chi connectivity index (χ3v) is 8.24. The molecule has 0 unspecified atom stereocenters. The van der Waals surface area contributed by atoms with E-state index in [0.717, 1.165) is 47.6 Å². The maximum Gasteiger partial charge on any atom is 0.279 e. The Morgan fingerprint density at radius 1 is 1.08 bits per heavy atom. The van der Waals surface area contributed by atoms with Gasteiger partial charge in [-0.1, -0.05) is 48.5 Å². The van der Waals surface area contributed by atoms with Crippen LogP contribution < -0.4 is 4.74 Å². The number of ether oxygens (including phenoxy) is 1. The zero-order chi connectivity index (χ0) is 24.9. The molecule has 7 nitrogen and oxygen atoms in total. The van der Waals surface area contributed by atoms with Crippen LogP contribution in [-0.2, 0) is 24.8 Å². The number of hydrogen-bond donors (Lipinski definition) is 2. The van der Waals surface area contributed by atoms with E-state index in [1.165, 1.54) is 5.56 Å². The van der Waals surface area contributed by atoms with Gasteiger partial charge in [-0.25, -0.2) is 0 Å². The molecule has 2 N–H and O–H groups in total. The van der Waals surface area contributed by atoms with Crippen LogP contribution in [-0.4, -0.2) is 45.7 Å². The van der Waals surface area contributed by atoms with Gasteiger partial charge in [-0.3, -0.25) is 15.0 Å². The number of rotatable bonds is 5. The summed E-state index contributed by atoms with van der Waals surface area (Å²) in [6.45, 7) is 2.06. The quantitative estimate of drug-likeness (QED) is 0.316. The summed E-state index contributed by atoms with van der Waals surface area (Å²) in [5, 5.41) is 25.1. The van der Waals surface area contributed by atoms with Gasteiger partial charge in [0.25, 0.3) is 5.69 Å². The third kappa shape index (κ3) is 3.50. The summed E-state index contributed by atoms with van der Waals surface area (Å²) in [6, 6.07) is 23.4. The molecule has 184 valence electrons. The zero-order valence-corrected chi connectivity index (χ0v) is 20.2. The molecule has 4 aromatic rings. The summed E-state index contributed by atoms with van der Waals surface area (Å²) in [6.07, 6.45) is 1.69. The predicted molar refractivity (Wildman–Crippen MR) is 138 cm³/mol. The summed E-state index contributed by atoms with van der Waals surface area (Å²) in [7, 11) is 1.65. The van der Waals surface area contributed by atoms with Crippen LogP contribution >= 0.6 is 0 Å². The summed E-state index contributed by atoms with van der Waals surface area (Å²) >= 11 is 0. The molecule has 1 aliphatic heterocycles. The van der Waals surface area contributed by atoms with Crippen LogP contribution in [0.4, 0.5) is 5.69 Å². The van der Waals surface area contributed by atoms with E-state index in [1.807, 2.05) is 42.5 Å². The molecule has 2 heterocycles. The van der Waals surface area contributed by atoms with Gasteiger partial charge in [0.1, 0.15) is 5.75 Å². The first-order valence-corrected chi connectivity index (χ1v) is 12.3. The maximum atomic E-state index is 12.6. The van der Waals surface area contributed by atoms with Gasteiger partial charge in [-0.05, 0) is 47.9 Å². The van der Waals surface area contributed by atoms with Crippen molar-refractivity contribution in [3.05, 3.63) is 105 Å². The van der Waals surface area contributed by atoms with Gasteiger partial charge in [0.2, 0.25) is 0 Å². The summed E-state index contributed by atoms with van der Waals surface area (Å²) in [5.74, 6) is 0.758. The van der Waals surface area contributed by atoms with E-state index in [0.29, 0.717) is 24.8 Å². The monoisotopic (exact) mass is 483 g/mol. The number of likely N-dealkylation sites (tertiary alicyclic amines) is 1. The molecule has 0 saturated carbocycles. The molecular weight excluding hydrogens is 454 g/mol. The van der Waals surface area contributed by atoms with Gasteiger partial charge >= 0.3 is 0 Å².